The number of carbonyl (C=O) groups excluding carboxylic acids is 2. The maximum Gasteiger partial charge on any atom is 0.317 e. The van der Waals surface area contributed by atoms with Crippen molar-refractivity contribution in [2.75, 3.05) is 18.6 Å². The molecule has 1 aromatic heterocycles. The minimum atomic E-state index is -0.810. The van der Waals surface area contributed by atoms with Gasteiger partial charge in [-0.15, -0.1) is 0 Å². The van der Waals surface area contributed by atoms with E-state index in [0.717, 1.165) is 53.2 Å². The summed E-state index contributed by atoms with van der Waals surface area (Å²) in [5.74, 6) is 0.424. The Morgan fingerprint density at radius 2 is 1.71 bits per heavy atom. The van der Waals surface area contributed by atoms with Crippen molar-refractivity contribution in [3.8, 4) is 11.8 Å². The van der Waals surface area contributed by atoms with Crippen molar-refractivity contribution in [3.05, 3.63) is 77.1 Å². The van der Waals surface area contributed by atoms with Gasteiger partial charge in [-0.1, -0.05) is 56.5 Å². The van der Waals surface area contributed by atoms with Gasteiger partial charge in [0.2, 0.25) is 12.0 Å². The Labute approximate surface area is 223 Å². The number of carbonyl (C=O) groups is 2. The van der Waals surface area contributed by atoms with Crippen molar-refractivity contribution < 1.29 is 19.1 Å². The van der Waals surface area contributed by atoms with E-state index in [0.29, 0.717) is 13.0 Å². The number of ether oxygens (including phenoxy) is 2. The van der Waals surface area contributed by atoms with Crippen molar-refractivity contribution in [2.24, 2.45) is 0 Å². The van der Waals surface area contributed by atoms with Gasteiger partial charge < -0.3 is 19.3 Å². The average Bonchev–Trinajstić information content (AvgIpc) is 3.00. The molecule has 0 bridgehead atoms. The second-order valence-corrected chi connectivity index (χ2v) is 10.1. The molecule has 0 N–H and O–H groups in total. The molecule has 1 fully saturated rings. The van der Waals surface area contributed by atoms with Crippen molar-refractivity contribution in [1.29, 1.82) is 0 Å². The molecule has 0 aliphatic carbocycles. The highest BCUT2D eigenvalue weighted by Gasteiger charge is 2.65. The van der Waals surface area contributed by atoms with Gasteiger partial charge in [-0.05, 0) is 50.1 Å². The van der Waals surface area contributed by atoms with Gasteiger partial charge in [0.1, 0.15) is 17.8 Å². The third-order valence-electron chi connectivity index (χ3n) is 7.51. The van der Waals surface area contributed by atoms with Crippen LogP contribution in [0.3, 0.4) is 0 Å². The fourth-order valence-electron chi connectivity index (χ4n) is 5.69. The second kappa shape index (κ2) is 10.4. The lowest BCUT2D eigenvalue weighted by molar-refractivity contribution is -0.186. The van der Waals surface area contributed by atoms with Crippen LogP contribution >= 0.6 is 0 Å². The number of hydrogen-bond donors (Lipinski definition) is 0. The average molecular weight is 515 g/mol. The zero-order valence-corrected chi connectivity index (χ0v) is 22.4. The summed E-state index contributed by atoms with van der Waals surface area (Å²) in [7, 11) is 1.63. The van der Waals surface area contributed by atoms with Gasteiger partial charge >= 0.3 is 6.01 Å². The zero-order valence-electron chi connectivity index (χ0n) is 22.4. The number of aromatic nitrogens is 2. The van der Waals surface area contributed by atoms with Crippen molar-refractivity contribution >= 4 is 17.5 Å². The summed E-state index contributed by atoms with van der Waals surface area (Å²) in [5.41, 5.74) is 3.46. The topological polar surface area (TPSA) is 84.9 Å². The standard InChI is InChI=1S/C30H34N4O4/c1-5-6-9-16-30-24-10-7-8-11-25(24)33(18-22-12-14-23(37-4)15-13-22)26(35)19-34(30)28(36)27(30)38-29-31-20(2)17-21(3)32-29/h7-8,10-15,17,27H,5-6,9,16,18-19H2,1-4H3/t27-,30-/m1/s1. The first-order valence-corrected chi connectivity index (χ1v) is 13.2. The molecule has 0 spiro atoms. The molecule has 38 heavy (non-hydrogen) atoms. The predicted octanol–water partition coefficient (Wildman–Crippen LogP) is 4.71. The molecule has 0 radical (unpaired) electrons. The van der Waals surface area contributed by atoms with Crippen molar-refractivity contribution in [1.82, 2.24) is 14.9 Å². The van der Waals surface area contributed by atoms with Gasteiger partial charge in [0.05, 0.1) is 13.7 Å². The molecule has 8 heteroatoms. The van der Waals surface area contributed by atoms with E-state index in [1.807, 2.05) is 68.4 Å². The summed E-state index contributed by atoms with van der Waals surface area (Å²) in [6, 6.07) is 17.7. The number of para-hydroxylation sites is 1. The Hall–Kier alpha value is -3.94. The molecule has 2 amide bonds. The number of unbranched alkanes of at least 4 members (excludes halogenated alkanes) is 2. The summed E-state index contributed by atoms with van der Waals surface area (Å²) in [4.78, 5) is 39.7. The van der Waals surface area contributed by atoms with E-state index in [9.17, 15) is 9.59 Å². The number of anilines is 1. The molecule has 5 rings (SSSR count). The van der Waals surface area contributed by atoms with Crippen LogP contribution < -0.4 is 14.4 Å². The van der Waals surface area contributed by atoms with Gasteiger partial charge in [-0.2, -0.15) is 0 Å². The second-order valence-electron chi connectivity index (χ2n) is 10.1. The normalized spacial score (nSPS) is 20.4. The third kappa shape index (κ3) is 4.48. The van der Waals surface area contributed by atoms with Crippen LogP contribution in [-0.4, -0.2) is 46.4 Å². The number of fused-ring (bicyclic) bond motifs is 3. The highest BCUT2D eigenvalue weighted by atomic mass is 16.5. The first kappa shape index (κ1) is 25.7. The fourth-order valence-corrected chi connectivity index (χ4v) is 5.69. The Kier molecular flexibility index (Phi) is 7.06. The van der Waals surface area contributed by atoms with E-state index in [1.165, 1.54) is 0 Å². The lowest BCUT2D eigenvalue weighted by Gasteiger charge is -2.56. The van der Waals surface area contributed by atoms with Crippen LogP contribution in [0.2, 0.25) is 0 Å². The van der Waals surface area contributed by atoms with Crippen LogP contribution in [-0.2, 0) is 21.7 Å². The fraction of sp³-hybridized carbons (Fsp3) is 0.400. The molecule has 2 aromatic carbocycles. The largest absolute Gasteiger partial charge is 0.497 e. The zero-order chi connectivity index (χ0) is 26.9. The van der Waals surface area contributed by atoms with E-state index in [-0.39, 0.29) is 24.4 Å². The SMILES string of the molecule is CCCCC[C@]12c3ccccc3N(Cc3ccc(OC)cc3)C(=O)CN1C(=O)[C@H]2Oc1nc(C)cc(C)n1. The molecule has 0 saturated carbocycles. The number of methoxy groups -OCH3 is 1. The summed E-state index contributed by atoms with van der Waals surface area (Å²) in [5, 5.41) is 0. The molecular formula is C30H34N4O4. The lowest BCUT2D eigenvalue weighted by Crippen LogP contribution is -2.74. The first-order chi connectivity index (χ1) is 18.4. The van der Waals surface area contributed by atoms with Crippen LogP contribution in [0.1, 0.15) is 55.1 Å². The van der Waals surface area contributed by atoms with E-state index >= 15 is 0 Å². The predicted molar refractivity (Wildman–Crippen MR) is 144 cm³/mol. The summed E-state index contributed by atoms with van der Waals surface area (Å²) in [6.45, 7) is 6.29. The number of aryl methyl sites for hydroxylation is 2. The smallest absolute Gasteiger partial charge is 0.317 e. The van der Waals surface area contributed by atoms with E-state index in [1.54, 1.807) is 16.9 Å². The summed E-state index contributed by atoms with van der Waals surface area (Å²) < 4.78 is 11.6. The maximum absolute atomic E-state index is 13.7. The molecular weight excluding hydrogens is 480 g/mol. The number of rotatable bonds is 9. The van der Waals surface area contributed by atoms with Gasteiger partial charge in [-0.25, -0.2) is 9.97 Å². The number of nitrogens with zero attached hydrogens (tertiary/aromatic N) is 4. The first-order valence-electron chi connectivity index (χ1n) is 13.2. The minimum Gasteiger partial charge on any atom is -0.497 e. The lowest BCUT2D eigenvalue weighted by atomic mass is 9.71. The van der Waals surface area contributed by atoms with Crippen molar-refractivity contribution in [3.63, 3.8) is 0 Å². The summed E-state index contributed by atoms with van der Waals surface area (Å²) >= 11 is 0. The third-order valence-corrected chi connectivity index (χ3v) is 7.51. The molecule has 2 atom stereocenters. The molecule has 0 unspecified atom stereocenters. The Bertz CT molecular complexity index is 1320. The van der Waals surface area contributed by atoms with E-state index in [2.05, 4.69) is 16.9 Å². The van der Waals surface area contributed by atoms with Gasteiger partial charge in [0, 0.05) is 22.6 Å². The molecule has 2 aliphatic rings. The van der Waals surface area contributed by atoms with Gasteiger partial charge in [0.15, 0.2) is 0 Å². The van der Waals surface area contributed by atoms with Crippen LogP contribution in [0.5, 0.6) is 11.8 Å². The Morgan fingerprint density at radius 3 is 2.39 bits per heavy atom. The highest BCUT2D eigenvalue weighted by Crippen LogP contribution is 2.52. The number of hydrogen-bond acceptors (Lipinski definition) is 6. The van der Waals surface area contributed by atoms with Gasteiger partial charge in [-0.3, -0.25) is 9.59 Å². The van der Waals surface area contributed by atoms with Gasteiger partial charge in [0.25, 0.3) is 5.91 Å². The molecule has 3 heterocycles. The van der Waals surface area contributed by atoms with Crippen LogP contribution in [0, 0.1) is 13.8 Å². The van der Waals surface area contributed by atoms with Crippen LogP contribution in [0.15, 0.2) is 54.6 Å². The number of β-lactam (4-membered cyclic amide) rings is 1. The van der Waals surface area contributed by atoms with Crippen LogP contribution in [0.25, 0.3) is 0 Å². The molecule has 198 valence electrons. The molecule has 8 nitrogen and oxygen atoms in total. The monoisotopic (exact) mass is 514 g/mol. The van der Waals surface area contributed by atoms with Crippen LogP contribution in [0.4, 0.5) is 5.69 Å². The van der Waals surface area contributed by atoms with E-state index < -0.39 is 11.6 Å². The molecule has 1 saturated heterocycles. The molecule has 3 aromatic rings. The number of amides is 2. The summed E-state index contributed by atoms with van der Waals surface area (Å²) in [6.07, 6.45) is 2.83. The van der Waals surface area contributed by atoms with E-state index in [4.69, 9.17) is 9.47 Å². The minimum absolute atomic E-state index is 0.0106. The Balaban J connectivity index is 1.58. The maximum atomic E-state index is 13.7. The Morgan fingerprint density at radius 1 is 1.00 bits per heavy atom. The number of benzene rings is 2. The quantitative estimate of drug-likeness (QED) is 0.304. The highest BCUT2D eigenvalue weighted by molar-refractivity contribution is 6.03. The van der Waals surface area contributed by atoms with Crippen molar-refractivity contribution in [2.45, 2.75) is 64.6 Å². The molecule has 2 aliphatic heterocycles.